The Balaban J connectivity index is 0.951. The number of thiazole rings is 1. The molecule has 0 saturated heterocycles. The second kappa shape index (κ2) is 19.8. The highest BCUT2D eigenvalue weighted by molar-refractivity contribution is 7.21. The number of aromatic nitrogens is 1. The first-order valence-corrected chi connectivity index (χ1v) is 29.3. The van der Waals surface area contributed by atoms with Gasteiger partial charge in [0.2, 0.25) is 0 Å². The van der Waals surface area contributed by atoms with E-state index in [2.05, 4.69) is 330 Å². The van der Waals surface area contributed by atoms with Gasteiger partial charge in [-0.2, -0.15) is 0 Å². The molecule has 0 amide bonds. The Morgan fingerprint density at radius 2 is 0.583 bits per heavy atom. The van der Waals surface area contributed by atoms with Crippen molar-refractivity contribution in [3.8, 4) is 55.1 Å². The smallest absolute Gasteiger partial charge is 0.124 e. The van der Waals surface area contributed by atoms with Crippen LogP contribution in [0.15, 0.2) is 279 Å². The fourth-order valence-corrected chi connectivity index (χ4v) is 14.0. The molecule has 12 aromatic carbocycles. The van der Waals surface area contributed by atoms with Crippen molar-refractivity contribution in [2.24, 2.45) is 0 Å². The van der Waals surface area contributed by atoms with Crippen LogP contribution in [0, 0.1) is 0 Å². The monoisotopic (exact) mass is 1100 g/mol. The highest BCUT2D eigenvalue weighted by Gasteiger charge is 2.32. The van der Waals surface area contributed by atoms with Crippen molar-refractivity contribution >= 4 is 107 Å². The average Bonchev–Trinajstić information content (AvgIpc) is 3.97. The van der Waals surface area contributed by atoms with Gasteiger partial charge < -0.3 is 29.4 Å². The molecule has 0 radical (unpaired) electrons. The molecule has 7 nitrogen and oxygen atoms in total. The number of benzene rings is 12. The Morgan fingerprint density at radius 3 is 0.964 bits per heavy atom. The highest BCUT2D eigenvalue weighted by Crippen LogP contribution is 2.56. The molecule has 0 N–H and O–H groups in total. The molecule has 3 aliphatic rings. The number of fused-ring (bicyclic) bond motifs is 7. The zero-order valence-corrected chi connectivity index (χ0v) is 47.4. The van der Waals surface area contributed by atoms with Gasteiger partial charge in [-0.15, -0.1) is 11.3 Å². The first-order chi connectivity index (χ1) is 41.4. The van der Waals surface area contributed by atoms with Crippen molar-refractivity contribution < 1.29 is 0 Å². The van der Waals surface area contributed by atoms with Crippen molar-refractivity contribution in [3.05, 3.63) is 279 Å². The van der Waals surface area contributed by atoms with Crippen LogP contribution in [0.25, 0.3) is 65.3 Å². The summed E-state index contributed by atoms with van der Waals surface area (Å²) >= 11 is 1.73. The molecule has 16 rings (SSSR count). The summed E-state index contributed by atoms with van der Waals surface area (Å²) in [5.41, 5.74) is 27.9. The normalized spacial score (nSPS) is 13.0. The minimum atomic E-state index is 1.01. The largest absolute Gasteiger partial charge is 0.341 e. The predicted molar refractivity (Wildman–Crippen MR) is 355 cm³/mol. The van der Waals surface area contributed by atoms with Crippen molar-refractivity contribution in [3.63, 3.8) is 0 Å². The van der Waals surface area contributed by atoms with Gasteiger partial charge in [-0.1, -0.05) is 146 Å². The molecule has 0 spiro atoms. The van der Waals surface area contributed by atoms with E-state index in [1.54, 1.807) is 11.3 Å². The van der Waals surface area contributed by atoms with Crippen LogP contribution in [0.3, 0.4) is 0 Å². The molecule has 0 bridgehead atoms. The number of para-hydroxylation sites is 13. The van der Waals surface area contributed by atoms with Crippen LogP contribution in [0.5, 0.6) is 0 Å². The lowest BCUT2D eigenvalue weighted by Crippen LogP contribution is -2.24. The minimum Gasteiger partial charge on any atom is -0.341 e. The van der Waals surface area contributed by atoms with Gasteiger partial charge in [-0.3, -0.25) is 0 Å². The predicted octanol–water partition coefficient (Wildman–Crippen LogP) is 21.3. The molecule has 1 aromatic heterocycles. The van der Waals surface area contributed by atoms with Gasteiger partial charge in [0, 0.05) is 43.8 Å². The molecule has 0 saturated carbocycles. The molecule has 0 atom stereocenters. The van der Waals surface area contributed by atoms with Gasteiger partial charge in [-0.05, 0) is 178 Å². The van der Waals surface area contributed by atoms with Crippen molar-refractivity contribution in [1.29, 1.82) is 0 Å². The van der Waals surface area contributed by atoms with E-state index in [1.807, 2.05) is 0 Å². The van der Waals surface area contributed by atoms with E-state index in [0.29, 0.717) is 0 Å². The summed E-state index contributed by atoms with van der Waals surface area (Å²) in [4.78, 5) is 19.3. The van der Waals surface area contributed by atoms with Crippen molar-refractivity contribution in [1.82, 2.24) is 4.98 Å². The molecule has 8 heteroatoms. The van der Waals surface area contributed by atoms with Crippen LogP contribution in [-0.2, 0) is 0 Å². The third kappa shape index (κ3) is 7.98. The highest BCUT2D eigenvalue weighted by atomic mass is 32.1. The molecule has 0 unspecified atom stereocenters. The Morgan fingerprint density at radius 1 is 0.262 bits per heavy atom. The third-order valence-corrected chi connectivity index (χ3v) is 18.1. The molecule has 400 valence electrons. The van der Waals surface area contributed by atoms with Gasteiger partial charge in [0.25, 0.3) is 0 Å². The van der Waals surface area contributed by atoms with Gasteiger partial charge in [0.05, 0.1) is 78.5 Å². The van der Waals surface area contributed by atoms with Gasteiger partial charge >= 0.3 is 0 Å². The topological polar surface area (TPSA) is 32.3 Å². The Labute approximate surface area is 493 Å². The van der Waals surface area contributed by atoms with Crippen LogP contribution in [0.4, 0.5) is 85.3 Å². The number of nitrogens with zero attached hydrogens (tertiary/aromatic N) is 7. The van der Waals surface area contributed by atoms with E-state index in [-0.39, 0.29) is 0 Å². The van der Waals surface area contributed by atoms with Crippen LogP contribution in [-0.4, -0.2) is 26.1 Å². The maximum Gasteiger partial charge on any atom is 0.124 e. The first kappa shape index (κ1) is 49.2. The quantitative estimate of drug-likeness (QED) is 0.150. The maximum absolute atomic E-state index is 5.07. The number of hydrogen-bond donors (Lipinski definition) is 0. The molecular formula is C76H55N7S. The summed E-state index contributed by atoms with van der Waals surface area (Å²) in [5, 5.41) is 1.01. The van der Waals surface area contributed by atoms with E-state index in [0.717, 1.165) is 146 Å². The van der Waals surface area contributed by atoms with Crippen molar-refractivity contribution in [2.45, 2.75) is 0 Å². The van der Waals surface area contributed by atoms with Crippen LogP contribution < -0.4 is 29.4 Å². The van der Waals surface area contributed by atoms with E-state index < -0.39 is 0 Å². The second-order valence-corrected chi connectivity index (χ2v) is 22.8. The molecule has 0 fully saturated rings. The molecule has 84 heavy (non-hydrogen) atoms. The Kier molecular flexibility index (Phi) is 11.6. The summed E-state index contributed by atoms with van der Waals surface area (Å²) in [5.74, 6) is 0. The number of anilines is 15. The van der Waals surface area contributed by atoms with E-state index in [9.17, 15) is 0 Å². The molecule has 3 aliphatic heterocycles. The number of hydrogen-bond acceptors (Lipinski definition) is 8. The summed E-state index contributed by atoms with van der Waals surface area (Å²) < 4.78 is 1.18. The Bertz CT molecular complexity index is 4400. The lowest BCUT2D eigenvalue weighted by molar-refractivity contribution is 1.13. The number of rotatable bonds is 8. The lowest BCUT2D eigenvalue weighted by Gasteiger charge is -2.39. The van der Waals surface area contributed by atoms with Gasteiger partial charge in [0.15, 0.2) is 0 Å². The molecule has 0 aliphatic carbocycles. The Hall–Kier alpha value is -10.7. The molecule has 4 heterocycles. The van der Waals surface area contributed by atoms with Gasteiger partial charge in [0.1, 0.15) is 5.01 Å². The van der Waals surface area contributed by atoms with Crippen molar-refractivity contribution in [2.75, 3.05) is 50.5 Å². The van der Waals surface area contributed by atoms with Crippen LogP contribution in [0.2, 0.25) is 0 Å². The van der Waals surface area contributed by atoms with E-state index in [4.69, 9.17) is 4.98 Å². The second-order valence-electron chi connectivity index (χ2n) is 21.8. The fourth-order valence-electron chi connectivity index (χ4n) is 13.0. The van der Waals surface area contributed by atoms with Crippen LogP contribution in [0.1, 0.15) is 0 Å². The summed E-state index contributed by atoms with van der Waals surface area (Å²) in [6, 6.07) is 102. The van der Waals surface area contributed by atoms with E-state index >= 15 is 0 Å². The third-order valence-electron chi connectivity index (χ3n) is 17.0. The van der Waals surface area contributed by atoms with Gasteiger partial charge in [-0.25, -0.2) is 4.98 Å². The zero-order chi connectivity index (χ0) is 56.0. The van der Waals surface area contributed by atoms with Crippen LogP contribution >= 0.6 is 11.3 Å². The fraction of sp³-hybridized carbons (Fsp3) is 0.0395. The summed E-state index contributed by atoms with van der Waals surface area (Å²) in [7, 11) is 6.50. The lowest BCUT2D eigenvalue weighted by atomic mass is 9.84. The average molecular weight is 1100 g/mol. The maximum atomic E-state index is 5.07. The summed E-state index contributed by atoms with van der Waals surface area (Å²) in [6.07, 6.45) is 0. The minimum absolute atomic E-state index is 1.01. The molecular weight excluding hydrogens is 1040 g/mol. The SMILES string of the molecule is CN1c2ccccc2N(c2cccc(-c3cc(-c4ccc(-c5nc6ccccc6s5)cc4)cc(-c4cccc(N5c6ccccc6N(C)c6ccccc65)c4)c3-c3cccc(N4c5ccccc5N(C)c5ccccc54)c3)c2)c2ccccc21. The van der Waals surface area contributed by atoms with E-state index in [1.165, 1.54) is 4.70 Å². The first-order valence-electron chi connectivity index (χ1n) is 28.5. The summed E-state index contributed by atoms with van der Waals surface area (Å²) in [6.45, 7) is 0. The zero-order valence-electron chi connectivity index (χ0n) is 46.6. The standard InChI is InChI=1S/C76H55N7S/c1-78-62-28-5-11-34-68(62)81(69-35-12-6-29-63(69)78)56-24-18-21-52(45-56)59-48-55(50-41-43-51(44-42-50)76-77-61-27-4-17-40-74(61)84-76)49-60(53-22-19-25-57(46-53)82-70-36-13-7-30-64(70)79(2)65-31-8-14-37-71(65)82)75(59)54-23-20-26-58(47-54)83-72-38-15-9-32-66(72)80(3)67-33-10-16-39-73(67)83/h4-49H,1-3H3. The molecule has 13 aromatic rings.